The van der Waals surface area contributed by atoms with Crippen LogP contribution < -0.4 is 5.32 Å². The lowest BCUT2D eigenvalue weighted by Crippen LogP contribution is -2.39. The average molecular weight is 176 g/mol. The molecule has 0 radical (unpaired) electrons. The number of rotatable bonds is 3. The van der Waals surface area contributed by atoms with E-state index in [0.29, 0.717) is 11.9 Å². The molecule has 1 fully saturated rings. The van der Waals surface area contributed by atoms with Crippen molar-refractivity contribution in [2.24, 2.45) is 5.41 Å². The average Bonchev–Trinajstić information content (AvgIpc) is 2.72. The first-order chi connectivity index (χ1) is 5.06. The van der Waals surface area contributed by atoms with Crippen LogP contribution in [0.15, 0.2) is 0 Å². The molecular weight excluding hydrogens is 162 g/mol. The van der Waals surface area contributed by atoms with Gasteiger partial charge in [-0.25, -0.2) is 0 Å². The van der Waals surface area contributed by atoms with Gasteiger partial charge in [-0.15, -0.1) is 11.6 Å². The monoisotopic (exact) mass is 175 g/mol. The largest absolute Gasteiger partial charge is 0.353 e. The van der Waals surface area contributed by atoms with Crippen LogP contribution in [0.25, 0.3) is 0 Å². The molecular formula is C8H14ClNO. The predicted octanol–water partition coefficient (Wildman–Crippen LogP) is 1.53. The fourth-order valence-electron chi connectivity index (χ4n) is 0.669. The molecule has 2 nitrogen and oxygen atoms in total. The van der Waals surface area contributed by atoms with Crippen molar-refractivity contribution in [2.45, 2.75) is 32.7 Å². The van der Waals surface area contributed by atoms with Crippen molar-refractivity contribution in [2.75, 3.05) is 5.88 Å². The highest BCUT2D eigenvalue weighted by Gasteiger charge is 2.31. The Morgan fingerprint density at radius 3 is 2.55 bits per heavy atom. The van der Waals surface area contributed by atoms with Gasteiger partial charge in [0, 0.05) is 11.9 Å². The van der Waals surface area contributed by atoms with E-state index in [4.69, 9.17) is 11.6 Å². The molecule has 0 aliphatic heterocycles. The fourth-order valence-corrected chi connectivity index (χ4v) is 0.790. The number of alkyl halides is 1. The van der Waals surface area contributed by atoms with Gasteiger partial charge in [-0.05, 0) is 26.7 Å². The number of hydrogen-bond donors (Lipinski definition) is 1. The summed E-state index contributed by atoms with van der Waals surface area (Å²) in [5.41, 5.74) is -0.413. The van der Waals surface area contributed by atoms with E-state index in [-0.39, 0.29) is 5.91 Å². The van der Waals surface area contributed by atoms with Crippen LogP contribution >= 0.6 is 11.6 Å². The molecule has 0 spiro atoms. The van der Waals surface area contributed by atoms with Gasteiger partial charge in [0.25, 0.3) is 0 Å². The minimum Gasteiger partial charge on any atom is -0.353 e. The van der Waals surface area contributed by atoms with Crippen LogP contribution in [-0.2, 0) is 4.79 Å². The zero-order valence-electron chi connectivity index (χ0n) is 6.98. The van der Waals surface area contributed by atoms with Gasteiger partial charge in [-0.2, -0.15) is 0 Å². The molecule has 11 heavy (non-hydrogen) atoms. The predicted molar refractivity (Wildman–Crippen MR) is 45.7 cm³/mol. The maximum Gasteiger partial charge on any atom is 0.227 e. The summed E-state index contributed by atoms with van der Waals surface area (Å²) in [5, 5.41) is 2.92. The zero-order valence-corrected chi connectivity index (χ0v) is 7.74. The van der Waals surface area contributed by atoms with Crippen LogP contribution in [0.1, 0.15) is 26.7 Å². The van der Waals surface area contributed by atoms with Crippen molar-refractivity contribution in [1.29, 1.82) is 0 Å². The Hall–Kier alpha value is -0.240. The quantitative estimate of drug-likeness (QED) is 0.648. The second kappa shape index (κ2) is 3.02. The molecule has 0 bridgehead atoms. The minimum absolute atomic E-state index is 0.0787. The molecule has 0 heterocycles. The van der Waals surface area contributed by atoms with E-state index in [9.17, 15) is 4.79 Å². The van der Waals surface area contributed by atoms with Gasteiger partial charge in [0.2, 0.25) is 5.91 Å². The lowest BCUT2D eigenvalue weighted by molar-refractivity contribution is -0.128. The third-order valence-electron chi connectivity index (χ3n) is 1.86. The van der Waals surface area contributed by atoms with Crippen LogP contribution in [0.2, 0.25) is 0 Å². The summed E-state index contributed by atoms with van der Waals surface area (Å²) in [5.74, 6) is 0.459. The van der Waals surface area contributed by atoms with Crippen LogP contribution in [-0.4, -0.2) is 17.8 Å². The number of nitrogens with one attached hydrogen (secondary N) is 1. The van der Waals surface area contributed by atoms with E-state index in [1.807, 2.05) is 13.8 Å². The van der Waals surface area contributed by atoms with E-state index in [1.54, 1.807) is 0 Å². The van der Waals surface area contributed by atoms with Gasteiger partial charge >= 0.3 is 0 Å². The smallest absolute Gasteiger partial charge is 0.227 e. The number of amides is 1. The first-order valence-corrected chi connectivity index (χ1v) is 4.46. The molecule has 1 aliphatic rings. The van der Waals surface area contributed by atoms with Crippen molar-refractivity contribution in [3.8, 4) is 0 Å². The Bertz CT molecular complexity index is 163. The van der Waals surface area contributed by atoms with E-state index >= 15 is 0 Å². The molecule has 0 aromatic rings. The van der Waals surface area contributed by atoms with Gasteiger partial charge in [-0.3, -0.25) is 4.79 Å². The lowest BCUT2D eigenvalue weighted by atomic mass is 9.95. The van der Waals surface area contributed by atoms with Crippen molar-refractivity contribution in [3.63, 3.8) is 0 Å². The standard InChI is InChI=1S/C8H14ClNO/c1-8(2,5-9)7(11)10-6-3-4-6/h6H,3-5H2,1-2H3,(H,10,11). The van der Waals surface area contributed by atoms with Crippen molar-refractivity contribution in [3.05, 3.63) is 0 Å². The van der Waals surface area contributed by atoms with Crippen LogP contribution in [0.5, 0.6) is 0 Å². The van der Waals surface area contributed by atoms with E-state index in [0.717, 1.165) is 12.8 Å². The van der Waals surface area contributed by atoms with Gasteiger partial charge in [0.05, 0.1) is 5.41 Å². The third-order valence-corrected chi connectivity index (χ3v) is 2.53. The third kappa shape index (κ3) is 2.37. The maximum atomic E-state index is 11.4. The molecule has 1 rings (SSSR count). The summed E-state index contributed by atoms with van der Waals surface area (Å²) in [6.07, 6.45) is 2.26. The van der Waals surface area contributed by atoms with Crippen LogP contribution in [0.4, 0.5) is 0 Å². The number of halogens is 1. The first kappa shape index (κ1) is 8.85. The van der Waals surface area contributed by atoms with Crippen molar-refractivity contribution < 1.29 is 4.79 Å². The highest BCUT2D eigenvalue weighted by Crippen LogP contribution is 2.23. The second-order valence-corrected chi connectivity index (χ2v) is 4.03. The summed E-state index contributed by atoms with van der Waals surface area (Å²) >= 11 is 5.63. The van der Waals surface area contributed by atoms with Gasteiger partial charge < -0.3 is 5.32 Å². The Morgan fingerprint density at radius 2 is 2.18 bits per heavy atom. The van der Waals surface area contributed by atoms with E-state index in [1.165, 1.54) is 0 Å². The van der Waals surface area contributed by atoms with Gasteiger partial charge in [0.1, 0.15) is 0 Å². The Morgan fingerprint density at radius 1 is 1.64 bits per heavy atom. The number of carbonyl (C=O) groups is 1. The molecule has 3 heteroatoms. The Kier molecular flexibility index (Phi) is 2.43. The SMILES string of the molecule is CC(C)(CCl)C(=O)NC1CC1. The topological polar surface area (TPSA) is 29.1 Å². The molecule has 64 valence electrons. The highest BCUT2D eigenvalue weighted by atomic mass is 35.5. The molecule has 0 aromatic heterocycles. The fraction of sp³-hybridized carbons (Fsp3) is 0.875. The van der Waals surface area contributed by atoms with Crippen molar-refractivity contribution in [1.82, 2.24) is 5.32 Å². The summed E-state index contributed by atoms with van der Waals surface area (Å²) < 4.78 is 0. The molecule has 0 unspecified atom stereocenters. The molecule has 0 atom stereocenters. The molecule has 1 saturated carbocycles. The van der Waals surface area contributed by atoms with E-state index in [2.05, 4.69) is 5.32 Å². The first-order valence-electron chi connectivity index (χ1n) is 3.93. The molecule has 0 saturated heterocycles. The summed E-state index contributed by atoms with van der Waals surface area (Å²) in [6, 6.07) is 0.435. The lowest BCUT2D eigenvalue weighted by Gasteiger charge is -2.19. The summed E-state index contributed by atoms with van der Waals surface area (Å²) in [6.45, 7) is 3.72. The Labute approximate surface area is 72.3 Å². The molecule has 1 amide bonds. The van der Waals surface area contributed by atoms with Gasteiger partial charge in [-0.1, -0.05) is 0 Å². The van der Waals surface area contributed by atoms with Crippen LogP contribution in [0.3, 0.4) is 0 Å². The highest BCUT2D eigenvalue weighted by molar-refractivity contribution is 6.19. The second-order valence-electron chi connectivity index (χ2n) is 3.77. The van der Waals surface area contributed by atoms with Crippen molar-refractivity contribution >= 4 is 17.5 Å². The normalized spacial score (nSPS) is 18.1. The maximum absolute atomic E-state index is 11.4. The molecule has 1 N–H and O–H groups in total. The summed E-state index contributed by atoms with van der Waals surface area (Å²) in [4.78, 5) is 11.4. The van der Waals surface area contributed by atoms with E-state index < -0.39 is 5.41 Å². The number of carbonyl (C=O) groups excluding carboxylic acids is 1. The zero-order chi connectivity index (χ0) is 8.48. The van der Waals surface area contributed by atoms with Crippen LogP contribution in [0, 0.1) is 5.41 Å². The number of hydrogen-bond acceptors (Lipinski definition) is 1. The molecule has 1 aliphatic carbocycles. The Balaban J connectivity index is 2.37. The molecule has 0 aromatic carbocycles. The van der Waals surface area contributed by atoms with Gasteiger partial charge in [0.15, 0.2) is 0 Å². The summed E-state index contributed by atoms with van der Waals surface area (Å²) in [7, 11) is 0. The minimum atomic E-state index is -0.413.